The van der Waals surface area contributed by atoms with Gasteiger partial charge < -0.3 is 9.80 Å². The summed E-state index contributed by atoms with van der Waals surface area (Å²) in [6.45, 7) is 3.07. The number of carbonyl (C=O) groups excluding carboxylic acids is 1. The Balaban J connectivity index is 1.28. The van der Waals surface area contributed by atoms with Crippen LogP contribution < -0.4 is 4.90 Å². The van der Waals surface area contributed by atoms with Crippen molar-refractivity contribution in [1.82, 2.24) is 14.9 Å². The summed E-state index contributed by atoms with van der Waals surface area (Å²) in [6.07, 6.45) is 1.80. The molecule has 1 saturated heterocycles. The molecule has 0 unspecified atom stereocenters. The molecule has 1 aromatic carbocycles. The number of amides is 1. The number of anilines is 1. The monoisotopic (exact) mass is 430 g/mol. The van der Waals surface area contributed by atoms with Crippen LogP contribution in [0.25, 0.3) is 11.3 Å². The molecule has 1 aliphatic heterocycles. The number of nitrogens with zero attached hydrogens (tertiary/aromatic N) is 4. The minimum Gasteiger partial charge on any atom is -0.353 e. The molecule has 0 saturated carbocycles. The van der Waals surface area contributed by atoms with Gasteiger partial charge in [0, 0.05) is 48.3 Å². The van der Waals surface area contributed by atoms with Crippen molar-refractivity contribution in [2.75, 3.05) is 36.8 Å². The number of halogens is 1. The third-order valence-electron chi connectivity index (χ3n) is 4.55. The van der Waals surface area contributed by atoms with Crippen molar-refractivity contribution in [3.05, 3.63) is 59.1 Å². The van der Waals surface area contributed by atoms with E-state index in [0.29, 0.717) is 10.8 Å². The van der Waals surface area contributed by atoms with Crippen LogP contribution in [0.5, 0.6) is 0 Å². The van der Waals surface area contributed by atoms with E-state index in [2.05, 4.69) is 14.9 Å². The lowest BCUT2D eigenvalue weighted by atomic mass is 10.2. The number of thiazole rings is 1. The molecular formula is C20H19ClN4OS2. The third-order valence-corrected chi connectivity index (χ3v) is 6.81. The topological polar surface area (TPSA) is 49.3 Å². The Morgan fingerprint density at radius 3 is 2.61 bits per heavy atom. The number of hydrogen-bond acceptors (Lipinski definition) is 6. The van der Waals surface area contributed by atoms with Gasteiger partial charge in [0.05, 0.1) is 11.4 Å². The Morgan fingerprint density at radius 2 is 1.89 bits per heavy atom. The van der Waals surface area contributed by atoms with Crippen molar-refractivity contribution in [3.63, 3.8) is 0 Å². The highest BCUT2D eigenvalue weighted by molar-refractivity contribution is 8.01. The number of piperazine rings is 1. The van der Waals surface area contributed by atoms with Crippen LogP contribution in [0.4, 0.5) is 5.82 Å². The Labute approximate surface area is 177 Å². The molecule has 0 N–H and O–H groups in total. The highest BCUT2D eigenvalue weighted by atomic mass is 35.5. The number of rotatable bonds is 5. The van der Waals surface area contributed by atoms with Gasteiger partial charge in [0.25, 0.3) is 0 Å². The number of aromatic nitrogens is 2. The molecule has 8 heteroatoms. The fraction of sp³-hybridized carbons (Fsp3) is 0.250. The maximum absolute atomic E-state index is 12.6. The van der Waals surface area contributed by atoms with Crippen molar-refractivity contribution in [2.45, 2.75) is 4.34 Å². The Kier molecular flexibility index (Phi) is 6.14. The smallest absolute Gasteiger partial charge is 0.233 e. The molecule has 3 aromatic rings. The van der Waals surface area contributed by atoms with E-state index >= 15 is 0 Å². The zero-order valence-corrected chi connectivity index (χ0v) is 17.5. The fourth-order valence-corrected chi connectivity index (χ4v) is 4.88. The van der Waals surface area contributed by atoms with E-state index in [1.54, 1.807) is 17.5 Å². The van der Waals surface area contributed by atoms with E-state index in [-0.39, 0.29) is 5.91 Å². The Morgan fingerprint density at radius 1 is 1.11 bits per heavy atom. The zero-order chi connectivity index (χ0) is 19.3. The number of thioether (sulfide) groups is 1. The average molecular weight is 431 g/mol. The van der Waals surface area contributed by atoms with Crippen molar-refractivity contribution in [3.8, 4) is 11.3 Å². The standard InChI is InChI=1S/C20H19ClN4OS2/c21-16-6-4-15(5-7-16)17-13-27-20(23-17)28-14-19(26)25-11-9-24(10-12-25)18-3-1-2-8-22-18/h1-8,13H,9-12,14H2. The second-order valence-corrected chi connectivity index (χ2v) is 8.87. The van der Waals surface area contributed by atoms with Crippen molar-refractivity contribution in [1.29, 1.82) is 0 Å². The number of carbonyl (C=O) groups is 1. The third kappa shape index (κ3) is 4.66. The molecule has 2 aromatic heterocycles. The van der Waals surface area contributed by atoms with Gasteiger partial charge >= 0.3 is 0 Å². The Bertz CT molecular complexity index is 925. The normalized spacial score (nSPS) is 14.3. The predicted molar refractivity (Wildman–Crippen MR) is 116 cm³/mol. The maximum atomic E-state index is 12.6. The highest BCUT2D eigenvalue weighted by Crippen LogP contribution is 2.29. The van der Waals surface area contributed by atoms with Gasteiger partial charge in [0.15, 0.2) is 4.34 Å². The van der Waals surface area contributed by atoms with E-state index in [1.807, 2.05) is 52.7 Å². The van der Waals surface area contributed by atoms with Gasteiger partial charge in [-0.25, -0.2) is 9.97 Å². The molecule has 1 fully saturated rings. The fourth-order valence-electron chi connectivity index (χ4n) is 3.02. The summed E-state index contributed by atoms with van der Waals surface area (Å²) >= 11 is 9.00. The van der Waals surface area contributed by atoms with Crippen LogP contribution in [0.3, 0.4) is 0 Å². The molecule has 0 aliphatic carbocycles. The van der Waals surface area contributed by atoms with E-state index in [4.69, 9.17) is 11.6 Å². The molecular weight excluding hydrogens is 412 g/mol. The number of benzene rings is 1. The van der Waals surface area contributed by atoms with Gasteiger partial charge in [-0.2, -0.15) is 0 Å². The van der Waals surface area contributed by atoms with E-state index < -0.39 is 0 Å². The second-order valence-electron chi connectivity index (χ2n) is 6.35. The van der Waals surface area contributed by atoms with E-state index in [0.717, 1.165) is 47.6 Å². The van der Waals surface area contributed by atoms with Crippen LogP contribution in [0.15, 0.2) is 58.4 Å². The van der Waals surface area contributed by atoms with Gasteiger partial charge in [-0.3, -0.25) is 4.79 Å². The molecule has 0 bridgehead atoms. The number of pyridine rings is 1. The minimum absolute atomic E-state index is 0.161. The van der Waals surface area contributed by atoms with Crippen molar-refractivity contribution >= 4 is 46.4 Å². The lowest BCUT2D eigenvalue weighted by Crippen LogP contribution is -2.49. The molecule has 5 nitrogen and oxygen atoms in total. The maximum Gasteiger partial charge on any atom is 0.233 e. The van der Waals surface area contributed by atoms with E-state index in [1.165, 1.54) is 11.8 Å². The number of hydrogen-bond donors (Lipinski definition) is 0. The van der Waals surface area contributed by atoms with Gasteiger partial charge in [-0.15, -0.1) is 11.3 Å². The lowest BCUT2D eigenvalue weighted by molar-refractivity contribution is -0.128. The van der Waals surface area contributed by atoms with Crippen LogP contribution in [0.2, 0.25) is 5.02 Å². The first kappa shape index (κ1) is 19.2. The molecule has 144 valence electrons. The summed E-state index contributed by atoms with van der Waals surface area (Å²) in [6, 6.07) is 13.5. The van der Waals surface area contributed by atoms with Crippen LogP contribution in [-0.4, -0.2) is 52.7 Å². The van der Waals surface area contributed by atoms with Crippen molar-refractivity contribution < 1.29 is 4.79 Å². The molecule has 4 rings (SSSR count). The summed E-state index contributed by atoms with van der Waals surface area (Å²) in [5, 5.41) is 2.73. The summed E-state index contributed by atoms with van der Waals surface area (Å²) in [4.78, 5) is 25.7. The molecule has 1 amide bonds. The predicted octanol–water partition coefficient (Wildman–Crippen LogP) is 4.30. The average Bonchev–Trinajstić information content (AvgIpc) is 3.22. The van der Waals surface area contributed by atoms with Crippen LogP contribution >= 0.6 is 34.7 Å². The first-order valence-electron chi connectivity index (χ1n) is 8.97. The molecule has 28 heavy (non-hydrogen) atoms. The van der Waals surface area contributed by atoms with Crippen LogP contribution in [0.1, 0.15) is 0 Å². The molecule has 3 heterocycles. The highest BCUT2D eigenvalue weighted by Gasteiger charge is 2.22. The van der Waals surface area contributed by atoms with Crippen LogP contribution in [0, 0.1) is 0 Å². The van der Waals surface area contributed by atoms with Gasteiger partial charge in [0.2, 0.25) is 5.91 Å². The molecule has 0 atom stereocenters. The van der Waals surface area contributed by atoms with Crippen LogP contribution in [-0.2, 0) is 4.79 Å². The SMILES string of the molecule is O=C(CSc1nc(-c2ccc(Cl)cc2)cs1)N1CCN(c2ccccn2)CC1. The molecule has 0 spiro atoms. The lowest BCUT2D eigenvalue weighted by Gasteiger charge is -2.35. The van der Waals surface area contributed by atoms with Crippen molar-refractivity contribution in [2.24, 2.45) is 0 Å². The first-order chi connectivity index (χ1) is 13.7. The van der Waals surface area contributed by atoms with Gasteiger partial charge in [-0.05, 0) is 24.3 Å². The summed E-state index contributed by atoms with van der Waals surface area (Å²) in [7, 11) is 0. The molecule has 0 radical (unpaired) electrons. The summed E-state index contributed by atoms with van der Waals surface area (Å²) in [5.41, 5.74) is 1.95. The zero-order valence-electron chi connectivity index (χ0n) is 15.1. The largest absolute Gasteiger partial charge is 0.353 e. The van der Waals surface area contributed by atoms with Gasteiger partial charge in [-0.1, -0.05) is 41.6 Å². The quantitative estimate of drug-likeness (QED) is 0.565. The first-order valence-corrected chi connectivity index (χ1v) is 11.2. The Hall–Kier alpha value is -2.09. The van der Waals surface area contributed by atoms with E-state index in [9.17, 15) is 4.79 Å². The summed E-state index contributed by atoms with van der Waals surface area (Å²) in [5.74, 6) is 1.55. The van der Waals surface area contributed by atoms with Gasteiger partial charge in [0.1, 0.15) is 5.82 Å². The minimum atomic E-state index is 0.161. The second kappa shape index (κ2) is 8.94. The summed E-state index contributed by atoms with van der Waals surface area (Å²) < 4.78 is 0.908. The molecule has 1 aliphatic rings.